The number of hydrogen-bond donors (Lipinski definition) is 2. The van der Waals surface area contributed by atoms with E-state index in [0.29, 0.717) is 5.56 Å². The molecule has 3 rings (SSSR count). The Morgan fingerprint density at radius 1 is 1.00 bits per heavy atom. The van der Waals surface area contributed by atoms with Gasteiger partial charge in [0.15, 0.2) is 0 Å². The van der Waals surface area contributed by atoms with E-state index in [-0.39, 0.29) is 18.1 Å². The van der Waals surface area contributed by atoms with Crippen molar-refractivity contribution in [2.45, 2.75) is 25.4 Å². The molecule has 0 atom stereocenters. The number of carboxylic acid groups (broad SMARTS) is 1. The third kappa shape index (κ3) is 6.78. The van der Waals surface area contributed by atoms with Crippen LogP contribution in [0.5, 0.6) is 0 Å². The number of rotatable bonds is 4. The highest BCUT2D eigenvalue weighted by atomic mass is 19.4. The Morgan fingerprint density at radius 2 is 1.55 bits per heavy atom. The molecule has 29 heavy (non-hydrogen) atoms. The maximum Gasteiger partial charge on any atom is 0.490 e. The summed E-state index contributed by atoms with van der Waals surface area (Å²) >= 11 is 0. The average Bonchev–Trinajstić information content (AvgIpc) is 3.18. The number of nitrogens with zero attached hydrogens (tertiary/aromatic N) is 1. The first-order chi connectivity index (χ1) is 13.7. The quantitative estimate of drug-likeness (QED) is 0.737. The standard InChI is InChI=1S/C18H19FN2O.C2HF3O2/c19-15-8-2-1-7-14(15)13-18(22)20-16-9-3-4-10-17(16)21-11-5-6-12-21;3-2(4,5)1(6)7/h1-4,7-10H,5-6,11-13H2,(H,20,22);(H,6,7). The lowest BCUT2D eigenvalue weighted by Crippen LogP contribution is -2.22. The van der Waals surface area contributed by atoms with Crippen molar-refractivity contribution in [2.24, 2.45) is 0 Å². The van der Waals surface area contributed by atoms with Gasteiger partial charge in [-0.1, -0.05) is 30.3 Å². The predicted molar refractivity (Wildman–Crippen MR) is 100 cm³/mol. The minimum absolute atomic E-state index is 0.0427. The van der Waals surface area contributed by atoms with Gasteiger partial charge in [-0.15, -0.1) is 0 Å². The van der Waals surface area contributed by atoms with Crippen molar-refractivity contribution in [3.8, 4) is 0 Å². The molecule has 156 valence electrons. The molecule has 2 N–H and O–H groups in total. The maximum absolute atomic E-state index is 13.6. The molecule has 0 aromatic heterocycles. The second-order valence-electron chi connectivity index (χ2n) is 6.33. The van der Waals surface area contributed by atoms with E-state index in [0.717, 1.165) is 24.5 Å². The fourth-order valence-corrected chi connectivity index (χ4v) is 2.82. The number of halogens is 4. The van der Waals surface area contributed by atoms with Gasteiger partial charge in [0.05, 0.1) is 17.8 Å². The first-order valence-corrected chi connectivity index (χ1v) is 8.86. The number of aliphatic carboxylic acids is 1. The van der Waals surface area contributed by atoms with Gasteiger partial charge < -0.3 is 15.3 Å². The molecule has 0 unspecified atom stereocenters. The summed E-state index contributed by atoms with van der Waals surface area (Å²) in [5.74, 6) is -3.30. The first-order valence-electron chi connectivity index (χ1n) is 8.86. The normalized spacial score (nSPS) is 13.4. The van der Waals surface area contributed by atoms with E-state index in [1.54, 1.807) is 18.2 Å². The lowest BCUT2D eigenvalue weighted by molar-refractivity contribution is -0.192. The minimum Gasteiger partial charge on any atom is -0.475 e. The Morgan fingerprint density at radius 3 is 2.14 bits per heavy atom. The van der Waals surface area contributed by atoms with Gasteiger partial charge in [-0.2, -0.15) is 13.2 Å². The number of carbonyl (C=O) groups excluding carboxylic acids is 1. The highest BCUT2D eigenvalue weighted by Gasteiger charge is 2.38. The summed E-state index contributed by atoms with van der Waals surface area (Å²) in [5.41, 5.74) is 2.26. The third-order valence-electron chi connectivity index (χ3n) is 4.18. The molecular weight excluding hydrogens is 392 g/mol. The Labute approximate surface area is 164 Å². The highest BCUT2D eigenvalue weighted by Crippen LogP contribution is 2.28. The Kier molecular flexibility index (Phi) is 7.58. The number of carboxylic acids is 1. The number of alkyl halides is 3. The molecule has 0 bridgehead atoms. The van der Waals surface area contributed by atoms with Gasteiger partial charge in [-0.3, -0.25) is 4.79 Å². The van der Waals surface area contributed by atoms with Crippen LogP contribution in [0.25, 0.3) is 0 Å². The molecule has 0 spiro atoms. The Bertz CT molecular complexity index is 850. The molecule has 1 heterocycles. The summed E-state index contributed by atoms with van der Waals surface area (Å²) in [4.78, 5) is 23.4. The van der Waals surface area contributed by atoms with Crippen molar-refractivity contribution in [1.82, 2.24) is 0 Å². The Hall–Kier alpha value is -3.10. The smallest absolute Gasteiger partial charge is 0.475 e. The van der Waals surface area contributed by atoms with Crippen LogP contribution in [0.4, 0.5) is 28.9 Å². The molecule has 0 saturated carbocycles. The summed E-state index contributed by atoms with van der Waals surface area (Å²) in [6, 6.07) is 14.2. The molecule has 1 fully saturated rings. The van der Waals surface area contributed by atoms with Crippen LogP contribution in [0.15, 0.2) is 48.5 Å². The largest absolute Gasteiger partial charge is 0.490 e. The molecule has 0 radical (unpaired) electrons. The van der Waals surface area contributed by atoms with Crippen molar-refractivity contribution in [2.75, 3.05) is 23.3 Å². The summed E-state index contributed by atoms with van der Waals surface area (Å²) in [5, 5.41) is 10.0. The van der Waals surface area contributed by atoms with E-state index in [1.165, 1.54) is 18.9 Å². The number of nitrogens with one attached hydrogen (secondary N) is 1. The second-order valence-corrected chi connectivity index (χ2v) is 6.33. The summed E-state index contributed by atoms with van der Waals surface area (Å²) in [6.07, 6.45) is -2.68. The van der Waals surface area contributed by atoms with Crippen LogP contribution in [0.3, 0.4) is 0 Å². The first kappa shape index (κ1) is 22.2. The fourth-order valence-electron chi connectivity index (χ4n) is 2.82. The molecule has 5 nitrogen and oxygen atoms in total. The summed E-state index contributed by atoms with van der Waals surface area (Å²) in [7, 11) is 0. The van der Waals surface area contributed by atoms with Crippen LogP contribution in [0.2, 0.25) is 0 Å². The van der Waals surface area contributed by atoms with Gasteiger partial charge in [0.25, 0.3) is 0 Å². The zero-order valence-electron chi connectivity index (χ0n) is 15.4. The van der Waals surface area contributed by atoms with E-state index in [1.807, 2.05) is 24.3 Å². The molecule has 2 aromatic carbocycles. The zero-order chi connectivity index (χ0) is 21.4. The van der Waals surface area contributed by atoms with Crippen molar-refractivity contribution >= 4 is 23.3 Å². The topological polar surface area (TPSA) is 69.6 Å². The highest BCUT2D eigenvalue weighted by molar-refractivity contribution is 5.95. The molecule has 0 aliphatic carbocycles. The molecule has 1 amide bonds. The minimum atomic E-state index is -5.08. The van der Waals surface area contributed by atoms with Crippen LogP contribution in [-0.2, 0) is 16.0 Å². The molecule has 2 aromatic rings. The van der Waals surface area contributed by atoms with Crippen molar-refractivity contribution in [3.63, 3.8) is 0 Å². The van der Waals surface area contributed by atoms with Crippen LogP contribution in [0.1, 0.15) is 18.4 Å². The number of hydrogen-bond acceptors (Lipinski definition) is 3. The summed E-state index contributed by atoms with van der Waals surface area (Å²) < 4.78 is 45.4. The van der Waals surface area contributed by atoms with Crippen LogP contribution in [0, 0.1) is 5.82 Å². The number of amides is 1. The van der Waals surface area contributed by atoms with Crippen LogP contribution >= 0.6 is 0 Å². The summed E-state index contributed by atoms with van der Waals surface area (Å²) in [6.45, 7) is 2.03. The van der Waals surface area contributed by atoms with Gasteiger partial charge in [-0.25, -0.2) is 9.18 Å². The predicted octanol–water partition coefficient (Wildman–Crippen LogP) is 4.24. The monoisotopic (exact) mass is 412 g/mol. The van der Waals surface area contributed by atoms with Crippen LogP contribution in [-0.4, -0.2) is 36.2 Å². The van der Waals surface area contributed by atoms with Crippen LogP contribution < -0.4 is 10.2 Å². The lowest BCUT2D eigenvalue weighted by Gasteiger charge is -2.21. The maximum atomic E-state index is 13.6. The van der Waals surface area contributed by atoms with E-state index < -0.39 is 12.1 Å². The van der Waals surface area contributed by atoms with Gasteiger partial charge >= 0.3 is 12.1 Å². The number of anilines is 2. The van der Waals surface area contributed by atoms with E-state index in [9.17, 15) is 22.4 Å². The molecule has 1 aliphatic heterocycles. The van der Waals surface area contributed by atoms with Crippen molar-refractivity contribution in [3.05, 3.63) is 59.9 Å². The molecule has 9 heteroatoms. The molecular formula is C20H20F4N2O3. The van der Waals surface area contributed by atoms with Gasteiger partial charge in [0.2, 0.25) is 5.91 Å². The van der Waals surface area contributed by atoms with E-state index >= 15 is 0 Å². The molecule has 1 aliphatic rings. The van der Waals surface area contributed by atoms with Gasteiger partial charge in [0, 0.05) is 13.1 Å². The number of carbonyl (C=O) groups is 2. The third-order valence-corrected chi connectivity index (χ3v) is 4.18. The van der Waals surface area contributed by atoms with Crippen molar-refractivity contribution in [1.29, 1.82) is 0 Å². The average molecular weight is 412 g/mol. The fraction of sp³-hybridized carbons (Fsp3) is 0.300. The Balaban J connectivity index is 0.000000370. The SMILES string of the molecule is O=C(Cc1ccccc1F)Nc1ccccc1N1CCCC1.O=C(O)C(F)(F)F. The van der Waals surface area contributed by atoms with E-state index in [2.05, 4.69) is 10.2 Å². The second kappa shape index (κ2) is 9.90. The van der Waals surface area contributed by atoms with Gasteiger partial charge in [-0.05, 0) is 36.6 Å². The van der Waals surface area contributed by atoms with Crippen molar-refractivity contribution < 1.29 is 32.3 Å². The van der Waals surface area contributed by atoms with Gasteiger partial charge in [0.1, 0.15) is 5.82 Å². The zero-order valence-corrected chi connectivity index (χ0v) is 15.4. The van der Waals surface area contributed by atoms with E-state index in [4.69, 9.17) is 9.90 Å². The lowest BCUT2D eigenvalue weighted by atomic mass is 10.1. The molecule has 1 saturated heterocycles. The number of para-hydroxylation sites is 2. The number of benzene rings is 2.